The van der Waals surface area contributed by atoms with Crippen LogP contribution in [-0.4, -0.2) is 12.6 Å². The van der Waals surface area contributed by atoms with E-state index in [0.29, 0.717) is 10.0 Å². The molecule has 2 unspecified atom stereocenters. The molecule has 5 heteroatoms. The van der Waals surface area contributed by atoms with Crippen molar-refractivity contribution in [2.24, 2.45) is 5.92 Å². The van der Waals surface area contributed by atoms with Gasteiger partial charge >= 0.3 is 5.97 Å². The number of rotatable bonds is 5. The Bertz CT molecular complexity index is 596. The zero-order valence-corrected chi connectivity index (χ0v) is 13.0. The molecule has 2 rings (SSSR count). The zero-order chi connectivity index (χ0) is 15.4. The first kappa shape index (κ1) is 16.1. The number of hydrogen-bond donors (Lipinski definition) is 0. The van der Waals surface area contributed by atoms with Gasteiger partial charge in [-0.3, -0.25) is 0 Å². The molecule has 1 aromatic rings. The number of benzene rings is 1. The van der Waals surface area contributed by atoms with Crippen LogP contribution in [0, 0.1) is 5.92 Å². The van der Waals surface area contributed by atoms with Gasteiger partial charge in [0.2, 0.25) is 0 Å². The van der Waals surface area contributed by atoms with E-state index in [4.69, 9.17) is 23.2 Å². The first-order valence-corrected chi connectivity index (χ1v) is 7.44. The fourth-order valence-electron chi connectivity index (χ4n) is 2.12. The monoisotopic (exact) mass is 328 g/mol. The van der Waals surface area contributed by atoms with E-state index in [0.717, 1.165) is 24.1 Å². The Morgan fingerprint density at radius 2 is 2.14 bits per heavy atom. The van der Waals surface area contributed by atoms with Crippen LogP contribution in [0.2, 0.25) is 10.0 Å². The molecular formula is C16H15Cl2FO2. The zero-order valence-electron chi connectivity index (χ0n) is 11.5. The summed E-state index contributed by atoms with van der Waals surface area (Å²) in [6.07, 6.45) is 4.59. The molecule has 1 aliphatic rings. The largest absolute Gasteiger partial charge is 0.463 e. The van der Waals surface area contributed by atoms with Gasteiger partial charge in [-0.05, 0) is 55.0 Å². The number of carbonyl (C=O) groups excluding carboxylic acids is 1. The van der Waals surface area contributed by atoms with Crippen LogP contribution in [0.4, 0.5) is 4.39 Å². The van der Waals surface area contributed by atoms with Crippen molar-refractivity contribution in [2.75, 3.05) is 6.61 Å². The molecule has 0 bridgehead atoms. The maximum Gasteiger partial charge on any atom is 0.330 e. The van der Waals surface area contributed by atoms with Crippen LogP contribution in [0.3, 0.4) is 0 Å². The number of allylic oxidation sites excluding steroid dienone is 3. The Kier molecular flexibility index (Phi) is 5.43. The number of carbonyl (C=O) groups is 1. The van der Waals surface area contributed by atoms with Gasteiger partial charge < -0.3 is 4.74 Å². The Morgan fingerprint density at radius 3 is 2.81 bits per heavy atom. The van der Waals surface area contributed by atoms with Crippen molar-refractivity contribution in [2.45, 2.75) is 19.3 Å². The van der Waals surface area contributed by atoms with E-state index in [2.05, 4.69) is 4.74 Å². The molecule has 0 amide bonds. The van der Waals surface area contributed by atoms with E-state index in [1.165, 1.54) is 6.08 Å². The molecule has 21 heavy (non-hydrogen) atoms. The highest BCUT2D eigenvalue weighted by atomic mass is 35.5. The first-order chi connectivity index (χ1) is 10.0. The predicted molar refractivity (Wildman–Crippen MR) is 82.3 cm³/mol. The fourth-order valence-corrected chi connectivity index (χ4v) is 2.43. The molecule has 0 aliphatic heterocycles. The molecule has 0 spiro atoms. The average Bonchev–Trinajstić information content (AvgIpc) is 3.19. The van der Waals surface area contributed by atoms with Crippen molar-refractivity contribution in [1.29, 1.82) is 0 Å². The lowest BCUT2D eigenvalue weighted by Gasteiger charge is -2.01. The third-order valence-corrected chi connectivity index (χ3v) is 3.99. The molecule has 112 valence electrons. The van der Waals surface area contributed by atoms with Crippen LogP contribution >= 0.6 is 23.2 Å². The highest BCUT2D eigenvalue weighted by molar-refractivity contribution is 6.42. The number of esters is 1. The van der Waals surface area contributed by atoms with Crippen LogP contribution in [0.5, 0.6) is 0 Å². The van der Waals surface area contributed by atoms with Gasteiger partial charge in [0, 0.05) is 6.08 Å². The second-order valence-corrected chi connectivity index (χ2v) is 5.63. The van der Waals surface area contributed by atoms with Gasteiger partial charge in [0.15, 0.2) is 0 Å². The van der Waals surface area contributed by atoms with Crippen LogP contribution in [0.15, 0.2) is 42.3 Å². The van der Waals surface area contributed by atoms with Gasteiger partial charge in [-0.2, -0.15) is 0 Å². The highest BCUT2D eigenvalue weighted by Crippen LogP contribution is 2.49. The second kappa shape index (κ2) is 7.10. The Balaban J connectivity index is 1.95. The third-order valence-electron chi connectivity index (χ3n) is 3.25. The predicted octanol–water partition coefficient (Wildman–Crippen LogP) is 5.07. The molecule has 2 nitrogen and oxygen atoms in total. The van der Waals surface area contributed by atoms with Crippen molar-refractivity contribution in [3.63, 3.8) is 0 Å². The Hall–Kier alpha value is -1.32. The summed E-state index contributed by atoms with van der Waals surface area (Å²) in [5.74, 6) is -0.607. The standard InChI is InChI=1S/C16H15Cl2FO2/c1-2-21-16(20)6-4-12(19)7-11-8-13(11)10-3-5-14(17)15(18)9-10/h3-7,9,11,13H,2,8H2,1H3. The Morgan fingerprint density at radius 1 is 1.38 bits per heavy atom. The maximum atomic E-state index is 13.6. The van der Waals surface area contributed by atoms with Gasteiger partial charge in [-0.15, -0.1) is 0 Å². The van der Waals surface area contributed by atoms with Crippen molar-refractivity contribution >= 4 is 29.2 Å². The summed E-state index contributed by atoms with van der Waals surface area (Å²) in [6.45, 7) is 1.97. The minimum absolute atomic E-state index is 0.120. The van der Waals surface area contributed by atoms with E-state index in [9.17, 15) is 9.18 Å². The van der Waals surface area contributed by atoms with Gasteiger partial charge in [-0.25, -0.2) is 9.18 Å². The highest BCUT2D eigenvalue weighted by Gasteiger charge is 2.37. The summed E-state index contributed by atoms with van der Waals surface area (Å²) < 4.78 is 18.3. The maximum absolute atomic E-state index is 13.6. The van der Waals surface area contributed by atoms with Crippen LogP contribution < -0.4 is 0 Å². The van der Waals surface area contributed by atoms with Crippen molar-refractivity contribution in [3.8, 4) is 0 Å². The fraction of sp³-hybridized carbons (Fsp3) is 0.312. The van der Waals surface area contributed by atoms with E-state index >= 15 is 0 Å². The SMILES string of the molecule is CCOC(=O)C=CC(F)=CC1CC1c1ccc(Cl)c(Cl)c1. The van der Waals surface area contributed by atoms with E-state index in [1.54, 1.807) is 13.0 Å². The van der Waals surface area contributed by atoms with Crippen LogP contribution in [-0.2, 0) is 9.53 Å². The summed E-state index contributed by atoms with van der Waals surface area (Å²) in [5.41, 5.74) is 1.05. The average molecular weight is 329 g/mol. The number of ether oxygens (including phenoxy) is 1. The summed E-state index contributed by atoms with van der Waals surface area (Å²) in [5, 5.41) is 1.02. The minimum atomic E-state index is -0.544. The van der Waals surface area contributed by atoms with E-state index < -0.39 is 11.8 Å². The van der Waals surface area contributed by atoms with Gasteiger partial charge in [-0.1, -0.05) is 29.3 Å². The number of hydrogen-bond acceptors (Lipinski definition) is 2. The molecular weight excluding hydrogens is 314 g/mol. The van der Waals surface area contributed by atoms with E-state index in [-0.39, 0.29) is 18.4 Å². The van der Waals surface area contributed by atoms with Gasteiger partial charge in [0.05, 0.1) is 16.7 Å². The molecule has 1 aliphatic carbocycles. The van der Waals surface area contributed by atoms with E-state index in [1.807, 2.05) is 12.1 Å². The summed E-state index contributed by atoms with van der Waals surface area (Å²) >= 11 is 11.8. The van der Waals surface area contributed by atoms with Gasteiger partial charge in [0.25, 0.3) is 0 Å². The topological polar surface area (TPSA) is 26.3 Å². The molecule has 0 aromatic heterocycles. The van der Waals surface area contributed by atoms with Crippen molar-refractivity contribution in [1.82, 2.24) is 0 Å². The summed E-state index contributed by atoms with van der Waals surface area (Å²) in [7, 11) is 0. The quantitative estimate of drug-likeness (QED) is 0.428. The molecule has 1 saturated carbocycles. The second-order valence-electron chi connectivity index (χ2n) is 4.82. The molecule has 1 fully saturated rings. The molecule has 0 heterocycles. The lowest BCUT2D eigenvalue weighted by atomic mass is 10.1. The Labute approximate surface area is 133 Å². The molecule has 1 aromatic carbocycles. The lowest BCUT2D eigenvalue weighted by molar-refractivity contribution is -0.137. The smallest absolute Gasteiger partial charge is 0.330 e. The summed E-state index contributed by atoms with van der Waals surface area (Å²) in [4.78, 5) is 11.1. The molecule has 0 radical (unpaired) electrons. The van der Waals surface area contributed by atoms with Crippen LogP contribution in [0.1, 0.15) is 24.8 Å². The van der Waals surface area contributed by atoms with Crippen molar-refractivity contribution < 1.29 is 13.9 Å². The van der Waals surface area contributed by atoms with Crippen LogP contribution in [0.25, 0.3) is 0 Å². The minimum Gasteiger partial charge on any atom is -0.463 e. The number of halogens is 3. The molecule has 0 N–H and O–H groups in total. The van der Waals surface area contributed by atoms with Crippen molar-refractivity contribution in [3.05, 3.63) is 57.9 Å². The molecule has 0 saturated heterocycles. The normalized spacial score (nSPS) is 21.6. The summed E-state index contributed by atoms with van der Waals surface area (Å²) in [6, 6.07) is 5.46. The first-order valence-electron chi connectivity index (χ1n) is 6.68. The molecule has 2 atom stereocenters. The van der Waals surface area contributed by atoms with Gasteiger partial charge in [0.1, 0.15) is 5.83 Å². The third kappa shape index (κ3) is 4.58. The lowest BCUT2D eigenvalue weighted by Crippen LogP contribution is -1.98.